The maximum absolute atomic E-state index is 8.62. The number of rotatable bonds is 3. The van der Waals surface area contributed by atoms with Crippen LogP contribution in [0.15, 0.2) is 41.5 Å². The van der Waals surface area contributed by atoms with Gasteiger partial charge in [-0.05, 0) is 0 Å². The van der Waals surface area contributed by atoms with Crippen molar-refractivity contribution in [2.24, 2.45) is 5.11 Å². The predicted octanol–water partition coefficient (Wildman–Crippen LogP) is 3.21. The van der Waals surface area contributed by atoms with Crippen molar-refractivity contribution in [1.82, 2.24) is 0 Å². The molecule has 0 saturated heterocycles. The van der Waals surface area contributed by atoms with Crippen molar-refractivity contribution >= 4 is 29.6 Å². The molecule has 0 aromatic heterocycles. The molecule has 0 aliphatic heterocycles. The minimum absolute atomic E-state index is 0.159. The fourth-order valence-corrected chi connectivity index (χ4v) is 4.25. The van der Waals surface area contributed by atoms with E-state index in [-0.39, 0.29) is 15.0 Å². The summed E-state index contributed by atoms with van der Waals surface area (Å²) in [6.45, 7) is 6.41. The van der Waals surface area contributed by atoms with E-state index >= 15 is 0 Å². The second-order valence-corrected chi connectivity index (χ2v) is 6.69. The SMILES string of the molecule is Cc1cc(C)c([Se]c2ccccc2N=[N+]=[N-])c(C)c1. The molecule has 0 aliphatic carbocycles. The van der Waals surface area contributed by atoms with Crippen molar-refractivity contribution in [2.75, 3.05) is 0 Å². The fraction of sp³-hybridized carbons (Fsp3) is 0.200. The molecule has 19 heavy (non-hydrogen) atoms. The number of nitrogens with zero attached hydrogens (tertiary/aromatic N) is 3. The molecule has 4 heteroatoms. The van der Waals surface area contributed by atoms with Gasteiger partial charge in [-0.1, -0.05) is 0 Å². The summed E-state index contributed by atoms with van der Waals surface area (Å²) in [7, 11) is 0. The Labute approximate surface area is 119 Å². The molecule has 0 N–H and O–H groups in total. The van der Waals surface area contributed by atoms with Crippen molar-refractivity contribution in [2.45, 2.75) is 20.8 Å². The maximum atomic E-state index is 8.62. The molecule has 96 valence electrons. The second-order valence-electron chi connectivity index (χ2n) is 4.49. The second kappa shape index (κ2) is 5.94. The van der Waals surface area contributed by atoms with Gasteiger partial charge in [-0.15, -0.1) is 0 Å². The van der Waals surface area contributed by atoms with Crippen LogP contribution in [0.1, 0.15) is 16.7 Å². The Kier molecular flexibility index (Phi) is 4.28. The number of azide groups is 1. The third-order valence-corrected chi connectivity index (χ3v) is 5.80. The average molecular weight is 316 g/mol. The Balaban J connectivity index is 2.45. The van der Waals surface area contributed by atoms with E-state index < -0.39 is 0 Å². The van der Waals surface area contributed by atoms with Gasteiger partial charge in [0.2, 0.25) is 0 Å². The van der Waals surface area contributed by atoms with E-state index in [0.717, 1.165) is 10.1 Å². The normalized spacial score (nSPS) is 10.1. The molecule has 2 aromatic rings. The van der Waals surface area contributed by atoms with Gasteiger partial charge in [-0.2, -0.15) is 0 Å². The van der Waals surface area contributed by atoms with Crippen molar-refractivity contribution in [1.29, 1.82) is 0 Å². The van der Waals surface area contributed by atoms with Crippen LogP contribution in [-0.4, -0.2) is 15.0 Å². The van der Waals surface area contributed by atoms with Crippen molar-refractivity contribution in [3.05, 3.63) is 63.5 Å². The first-order chi connectivity index (χ1) is 9.11. The van der Waals surface area contributed by atoms with Gasteiger partial charge >= 0.3 is 119 Å². The summed E-state index contributed by atoms with van der Waals surface area (Å²) in [5.74, 6) is 0. The zero-order chi connectivity index (χ0) is 13.8. The first-order valence-electron chi connectivity index (χ1n) is 6.01. The summed E-state index contributed by atoms with van der Waals surface area (Å²) in [4.78, 5) is 2.90. The van der Waals surface area contributed by atoms with E-state index in [1.54, 1.807) is 0 Å². The molecule has 0 spiro atoms. The first kappa shape index (κ1) is 13.7. The van der Waals surface area contributed by atoms with Crippen molar-refractivity contribution in [3.8, 4) is 0 Å². The Hall–Kier alpha value is -1.73. The Morgan fingerprint density at radius 1 is 1.05 bits per heavy atom. The molecule has 0 aliphatic rings. The van der Waals surface area contributed by atoms with Gasteiger partial charge in [-0.25, -0.2) is 0 Å². The Bertz CT molecular complexity index is 635. The molecule has 0 unspecified atom stereocenters. The number of benzene rings is 2. The molecule has 2 aromatic carbocycles. The van der Waals surface area contributed by atoms with Crippen LogP contribution in [0, 0.1) is 20.8 Å². The van der Waals surface area contributed by atoms with E-state index in [4.69, 9.17) is 5.53 Å². The summed E-state index contributed by atoms with van der Waals surface area (Å²) in [6, 6.07) is 12.2. The first-order valence-corrected chi connectivity index (χ1v) is 7.73. The molecule has 3 nitrogen and oxygen atoms in total. The van der Waals surface area contributed by atoms with Crippen LogP contribution in [0.4, 0.5) is 5.69 Å². The van der Waals surface area contributed by atoms with Crippen LogP contribution in [0.2, 0.25) is 0 Å². The van der Waals surface area contributed by atoms with Crippen LogP contribution in [-0.2, 0) is 0 Å². The summed E-state index contributed by atoms with van der Waals surface area (Å²) in [5, 5.41) is 3.78. The molecule has 0 heterocycles. The van der Waals surface area contributed by atoms with Gasteiger partial charge in [0.25, 0.3) is 0 Å². The van der Waals surface area contributed by atoms with Gasteiger partial charge in [0, 0.05) is 0 Å². The fourth-order valence-electron chi connectivity index (χ4n) is 2.11. The quantitative estimate of drug-likeness (QED) is 0.361. The van der Waals surface area contributed by atoms with E-state index in [2.05, 4.69) is 42.9 Å². The van der Waals surface area contributed by atoms with E-state index in [9.17, 15) is 0 Å². The molecule has 2 rings (SSSR count). The zero-order valence-corrected chi connectivity index (χ0v) is 12.9. The van der Waals surface area contributed by atoms with Gasteiger partial charge in [0.05, 0.1) is 0 Å². The Morgan fingerprint density at radius 3 is 2.32 bits per heavy atom. The topological polar surface area (TPSA) is 48.8 Å². The molecule has 0 atom stereocenters. The summed E-state index contributed by atoms with van der Waals surface area (Å²) in [5.41, 5.74) is 13.3. The zero-order valence-electron chi connectivity index (χ0n) is 11.2. The molecule has 0 fully saturated rings. The van der Waals surface area contributed by atoms with E-state index in [0.29, 0.717) is 0 Å². The number of hydrogen-bond acceptors (Lipinski definition) is 1. The summed E-state index contributed by atoms with van der Waals surface area (Å²) >= 11 is 0.159. The molecule has 0 radical (unpaired) electrons. The van der Waals surface area contributed by atoms with Gasteiger partial charge in [-0.3, -0.25) is 0 Å². The van der Waals surface area contributed by atoms with Gasteiger partial charge in [0.15, 0.2) is 0 Å². The van der Waals surface area contributed by atoms with Crippen LogP contribution in [0.5, 0.6) is 0 Å². The molecule has 0 bridgehead atoms. The summed E-state index contributed by atoms with van der Waals surface area (Å²) in [6.07, 6.45) is 0. The Morgan fingerprint density at radius 2 is 1.68 bits per heavy atom. The van der Waals surface area contributed by atoms with Gasteiger partial charge in [0.1, 0.15) is 0 Å². The molecule has 0 amide bonds. The third kappa shape index (κ3) is 3.18. The van der Waals surface area contributed by atoms with Crippen LogP contribution in [0.25, 0.3) is 10.4 Å². The summed E-state index contributed by atoms with van der Waals surface area (Å²) < 4.78 is 2.50. The molecular formula is C15H15N3Se. The molecular weight excluding hydrogens is 301 g/mol. The van der Waals surface area contributed by atoms with Crippen LogP contribution < -0.4 is 8.92 Å². The van der Waals surface area contributed by atoms with Crippen molar-refractivity contribution in [3.63, 3.8) is 0 Å². The number of aryl methyl sites for hydroxylation is 3. The van der Waals surface area contributed by atoms with Gasteiger partial charge < -0.3 is 0 Å². The monoisotopic (exact) mass is 317 g/mol. The van der Waals surface area contributed by atoms with E-state index in [1.165, 1.54) is 21.2 Å². The standard InChI is InChI=1S/C15H15N3Se/c1-10-8-11(2)15(12(3)9-10)19-14-7-5-4-6-13(14)17-18-16/h4-9H,1-3H3. The van der Waals surface area contributed by atoms with Crippen LogP contribution >= 0.6 is 0 Å². The molecule has 0 saturated carbocycles. The van der Waals surface area contributed by atoms with Crippen LogP contribution in [0.3, 0.4) is 0 Å². The predicted molar refractivity (Wildman–Crippen MR) is 80.9 cm³/mol. The third-order valence-electron chi connectivity index (χ3n) is 2.83. The minimum atomic E-state index is 0.159. The van der Waals surface area contributed by atoms with Crippen molar-refractivity contribution < 1.29 is 0 Å². The average Bonchev–Trinajstić information content (AvgIpc) is 2.36. The van der Waals surface area contributed by atoms with E-state index in [1.807, 2.05) is 24.3 Å². The number of hydrogen-bond donors (Lipinski definition) is 0.